The summed E-state index contributed by atoms with van der Waals surface area (Å²) in [7, 11) is 3.53. The number of nitrogens with one attached hydrogen (secondary N) is 1. The van der Waals surface area contributed by atoms with Crippen molar-refractivity contribution in [2.75, 3.05) is 19.6 Å². The van der Waals surface area contributed by atoms with E-state index in [-0.39, 0.29) is 11.3 Å². The van der Waals surface area contributed by atoms with Gasteiger partial charge in [-0.05, 0) is 39.2 Å². The highest BCUT2D eigenvalue weighted by molar-refractivity contribution is 6.03. The van der Waals surface area contributed by atoms with Crippen molar-refractivity contribution in [1.29, 1.82) is 0 Å². The summed E-state index contributed by atoms with van der Waals surface area (Å²) < 4.78 is 3.22. The van der Waals surface area contributed by atoms with Crippen molar-refractivity contribution in [2.24, 2.45) is 20.0 Å². The third-order valence-electron chi connectivity index (χ3n) is 5.58. The average Bonchev–Trinajstić information content (AvgIpc) is 3.15. The zero-order valence-electron chi connectivity index (χ0n) is 16.9. The summed E-state index contributed by atoms with van der Waals surface area (Å²) in [6, 6.07) is 0. The summed E-state index contributed by atoms with van der Waals surface area (Å²) in [5.74, 6) is -1.21. The van der Waals surface area contributed by atoms with E-state index in [9.17, 15) is 14.7 Å². The minimum Gasteiger partial charge on any atom is -0.478 e. The lowest BCUT2D eigenvalue weighted by atomic mass is 9.97. The molecule has 1 amide bonds. The fourth-order valence-electron chi connectivity index (χ4n) is 3.92. The number of hydrogen-bond acceptors (Lipinski definition) is 5. The van der Waals surface area contributed by atoms with Crippen molar-refractivity contribution in [2.45, 2.75) is 33.2 Å². The first-order chi connectivity index (χ1) is 13.3. The van der Waals surface area contributed by atoms with E-state index in [1.807, 2.05) is 18.7 Å². The van der Waals surface area contributed by atoms with Crippen LogP contribution in [-0.4, -0.2) is 61.1 Å². The van der Waals surface area contributed by atoms with Crippen LogP contribution in [0, 0.1) is 19.8 Å². The molecule has 152 valence electrons. The maximum absolute atomic E-state index is 12.5. The number of rotatable bonds is 6. The Morgan fingerprint density at radius 3 is 2.68 bits per heavy atom. The molecule has 0 spiro atoms. The van der Waals surface area contributed by atoms with Crippen molar-refractivity contribution < 1.29 is 14.7 Å². The standard InChI is InChI=1S/C19H28N6O3/c1-12-16(13(2)23(3)22-12)11-25-7-5-6-14(10-25)8-20-18(26)17-15(19(27)28)9-21-24(17)4/h9,14H,5-8,10-11H2,1-4H3,(H,20,26)(H,27,28)/t14-/m0/s1. The molecular formula is C19H28N6O3. The molecule has 2 N–H and O–H groups in total. The molecule has 3 heterocycles. The van der Waals surface area contributed by atoms with Crippen LogP contribution in [0.2, 0.25) is 0 Å². The SMILES string of the molecule is Cc1nn(C)c(C)c1CN1CCC[C@@H](CNC(=O)c2c(C(=O)O)cnn2C)C1. The second kappa shape index (κ2) is 8.14. The molecule has 1 atom stereocenters. The van der Waals surface area contributed by atoms with Crippen LogP contribution in [0.5, 0.6) is 0 Å². The predicted molar refractivity (Wildman–Crippen MR) is 103 cm³/mol. The number of aryl methyl sites for hydroxylation is 3. The van der Waals surface area contributed by atoms with Crippen LogP contribution in [0.15, 0.2) is 6.20 Å². The minimum atomic E-state index is -1.15. The molecule has 0 aromatic carbocycles. The number of piperidine rings is 1. The van der Waals surface area contributed by atoms with E-state index in [2.05, 4.69) is 27.3 Å². The second-order valence-corrected chi connectivity index (χ2v) is 7.56. The summed E-state index contributed by atoms with van der Waals surface area (Å²) in [5, 5.41) is 20.5. The van der Waals surface area contributed by atoms with E-state index in [1.54, 1.807) is 7.05 Å². The minimum absolute atomic E-state index is 0.0761. The molecule has 1 aliphatic rings. The number of carboxylic acids is 1. The Morgan fingerprint density at radius 1 is 1.29 bits per heavy atom. The van der Waals surface area contributed by atoms with Crippen LogP contribution < -0.4 is 5.32 Å². The maximum atomic E-state index is 12.5. The Kier molecular flexibility index (Phi) is 5.83. The van der Waals surface area contributed by atoms with Crippen molar-refractivity contribution >= 4 is 11.9 Å². The molecule has 0 radical (unpaired) electrons. The van der Waals surface area contributed by atoms with E-state index < -0.39 is 11.9 Å². The monoisotopic (exact) mass is 388 g/mol. The first kappa shape index (κ1) is 20.1. The summed E-state index contributed by atoms with van der Waals surface area (Å²) in [5.41, 5.74) is 3.53. The number of carbonyl (C=O) groups excluding carboxylic acids is 1. The number of carboxylic acid groups (broad SMARTS) is 1. The normalized spacial score (nSPS) is 17.6. The van der Waals surface area contributed by atoms with Crippen LogP contribution in [0.1, 0.15) is 50.6 Å². The molecule has 3 rings (SSSR count). The first-order valence-corrected chi connectivity index (χ1v) is 9.52. The molecular weight excluding hydrogens is 360 g/mol. The molecule has 9 heteroatoms. The van der Waals surface area contributed by atoms with Gasteiger partial charge in [0.15, 0.2) is 0 Å². The molecule has 9 nitrogen and oxygen atoms in total. The van der Waals surface area contributed by atoms with Gasteiger partial charge in [0, 0.05) is 45.0 Å². The molecule has 0 unspecified atom stereocenters. The lowest BCUT2D eigenvalue weighted by molar-refractivity contribution is 0.0690. The molecule has 28 heavy (non-hydrogen) atoms. The van der Waals surface area contributed by atoms with Crippen LogP contribution in [0.25, 0.3) is 0 Å². The number of aromatic carboxylic acids is 1. The molecule has 2 aromatic rings. The van der Waals surface area contributed by atoms with Gasteiger partial charge in [-0.15, -0.1) is 0 Å². The highest BCUT2D eigenvalue weighted by atomic mass is 16.4. The number of nitrogens with zero attached hydrogens (tertiary/aromatic N) is 5. The topological polar surface area (TPSA) is 105 Å². The lowest BCUT2D eigenvalue weighted by Crippen LogP contribution is -2.41. The smallest absolute Gasteiger partial charge is 0.339 e. The Morgan fingerprint density at radius 2 is 2.04 bits per heavy atom. The number of likely N-dealkylation sites (tertiary alicyclic amines) is 1. The Balaban J connectivity index is 1.59. The van der Waals surface area contributed by atoms with Gasteiger partial charge in [0.2, 0.25) is 0 Å². The highest BCUT2D eigenvalue weighted by Gasteiger charge is 2.25. The van der Waals surface area contributed by atoms with Gasteiger partial charge in [-0.3, -0.25) is 19.1 Å². The number of carbonyl (C=O) groups is 2. The van der Waals surface area contributed by atoms with Gasteiger partial charge in [0.25, 0.3) is 5.91 Å². The van der Waals surface area contributed by atoms with E-state index in [4.69, 9.17) is 0 Å². The summed E-state index contributed by atoms with van der Waals surface area (Å²) in [6.07, 6.45) is 3.32. The average molecular weight is 388 g/mol. The quantitative estimate of drug-likeness (QED) is 0.768. The van der Waals surface area contributed by atoms with Gasteiger partial charge in [0.05, 0.1) is 11.9 Å². The number of amides is 1. The molecule has 0 saturated carbocycles. The fraction of sp³-hybridized carbons (Fsp3) is 0.579. The Hall–Kier alpha value is -2.68. The van der Waals surface area contributed by atoms with E-state index in [0.717, 1.165) is 38.2 Å². The largest absolute Gasteiger partial charge is 0.478 e. The van der Waals surface area contributed by atoms with E-state index >= 15 is 0 Å². The van der Waals surface area contributed by atoms with Crippen LogP contribution >= 0.6 is 0 Å². The van der Waals surface area contributed by atoms with Crippen LogP contribution in [0.3, 0.4) is 0 Å². The van der Waals surface area contributed by atoms with Gasteiger partial charge >= 0.3 is 5.97 Å². The Bertz CT molecular complexity index is 885. The van der Waals surface area contributed by atoms with Gasteiger partial charge in [0.1, 0.15) is 11.3 Å². The number of aromatic nitrogens is 4. The summed E-state index contributed by atoms with van der Waals surface area (Å²) in [6.45, 7) is 7.43. The molecule has 0 aliphatic carbocycles. The maximum Gasteiger partial charge on any atom is 0.339 e. The summed E-state index contributed by atoms with van der Waals surface area (Å²) >= 11 is 0. The molecule has 1 aliphatic heterocycles. The first-order valence-electron chi connectivity index (χ1n) is 9.52. The third kappa shape index (κ3) is 4.09. The molecule has 2 aromatic heterocycles. The van der Waals surface area contributed by atoms with Gasteiger partial charge in [-0.1, -0.05) is 0 Å². The summed E-state index contributed by atoms with van der Waals surface area (Å²) in [4.78, 5) is 26.2. The van der Waals surface area contributed by atoms with Crippen molar-refractivity contribution in [3.63, 3.8) is 0 Å². The zero-order chi connectivity index (χ0) is 20.4. The zero-order valence-corrected chi connectivity index (χ0v) is 16.9. The lowest BCUT2D eigenvalue weighted by Gasteiger charge is -2.33. The van der Waals surface area contributed by atoms with Gasteiger partial charge < -0.3 is 10.4 Å². The molecule has 1 fully saturated rings. The highest BCUT2D eigenvalue weighted by Crippen LogP contribution is 2.21. The van der Waals surface area contributed by atoms with Gasteiger partial charge in [-0.2, -0.15) is 10.2 Å². The number of hydrogen-bond donors (Lipinski definition) is 2. The van der Waals surface area contributed by atoms with E-state index in [1.165, 1.54) is 22.1 Å². The van der Waals surface area contributed by atoms with E-state index in [0.29, 0.717) is 12.5 Å². The Labute approximate surface area is 164 Å². The van der Waals surface area contributed by atoms with Crippen molar-refractivity contribution in [3.05, 3.63) is 34.4 Å². The molecule has 0 bridgehead atoms. The van der Waals surface area contributed by atoms with Crippen LogP contribution in [-0.2, 0) is 20.6 Å². The van der Waals surface area contributed by atoms with Gasteiger partial charge in [-0.25, -0.2) is 4.79 Å². The van der Waals surface area contributed by atoms with Crippen molar-refractivity contribution in [3.8, 4) is 0 Å². The van der Waals surface area contributed by atoms with Crippen molar-refractivity contribution in [1.82, 2.24) is 29.8 Å². The molecule has 1 saturated heterocycles. The van der Waals surface area contributed by atoms with Crippen LogP contribution in [0.4, 0.5) is 0 Å². The predicted octanol–water partition coefficient (Wildman–Crippen LogP) is 1.11. The second-order valence-electron chi connectivity index (χ2n) is 7.56. The third-order valence-corrected chi connectivity index (χ3v) is 5.58. The fourth-order valence-corrected chi connectivity index (χ4v) is 3.92.